The Morgan fingerprint density at radius 2 is 2.08 bits per heavy atom. The molecule has 2 fully saturated rings. The van der Waals surface area contributed by atoms with Crippen LogP contribution in [0.5, 0.6) is 0 Å². The van der Waals surface area contributed by atoms with Crippen LogP contribution < -0.4 is 5.32 Å². The Morgan fingerprint density at radius 1 is 1.27 bits per heavy atom. The highest BCUT2D eigenvalue weighted by Gasteiger charge is 2.34. The quantitative estimate of drug-likeness (QED) is 0.910. The van der Waals surface area contributed by atoms with Gasteiger partial charge in [-0.1, -0.05) is 6.07 Å². The minimum absolute atomic E-state index is 0.0669. The second-order valence-corrected chi connectivity index (χ2v) is 7.46. The summed E-state index contributed by atoms with van der Waals surface area (Å²) in [7, 11) is 0. The molecule has 2 aliphatic heterocycles. The predicted octanol–water partition coefficient (Wildman–Crippen LogP) is 2.13. The van der Waals surface area contributed by atoms with Gasteiger partial charge in [0.25, 0.3) is 0 Å². The van der Waals surface area contributed by atoms with Crippen LogP contribution in [-0.2, 0) is 20.7 Å². The van der Waals surface area contributed by atoms with E-state index in [1.165, 1.54) is 0 Å². The van der Waals surface area contributed by atoms with Crippen molar-refractivity contribution in [3.8, 4) is 0 Å². The van der Waals surface area contributed by atoms with Crippen LogP contribution in [0.15, 0.2) is 24.5 Å². The molecule has 140 valence electrons. The second-order valence-electron chi connectivity index (χ2n) is 7.46. The molecule has 0 radical (unpaired) electrons. The average Bonchev–Trinajstić information content (AvgIpc) is 3.07. The van der Waals surface area contributed by atoms with Crippen molar-refractivity contribution in [2.45, 2.75) is 38.6 Å². The molecule has 6 nitrogen and oxygen atoms in total. The zero-order chi connectivity index (χ0) is 17.9. The summed E-state index contributed by atoms with van der Waals surface area (Å²) < 4.78 is 13.2. The fourth-order valence-corrected chi connectivity index (χ4v) is 4.30. The van der Waals surface area contributed by atoms with E-state index >= 15 is 0 Å². The lowest BCUT2D eigenvalue weighted by Gasteiger charge is -2.39. The van der Waals surface area contributed by atoms with E-state index in [4.69, 9.17) is 9.47 Å². The SMILES string of the molecule is Cc1cccn2c(CC(=O)N[C@H]3CCOC[C@H]3C3CCOCC3)cnc12. The van der Waals surface area contributed by atoms with Crippen LogP contribution >= 0.6 is 0 Å². The molecule has 1 N–H and O–H groups in total. The van der Waals surface area contributed by atoms with Crippen LogP contribution in [0.25, 0.3) is 5.65 Å². The smallest absolute Gasteiger partial charge is 0.226 e. The largest absolute Gasteiger partial charge is 0.381 e. The Labute approximate surface area is 153 Å². The van der Waals surface area contributed by atoms with Crippen molar-refractivity contribution in [3.05, 3.63) is 35.8 Å². The van der Waals surface area contributed by atoms with Gasteiger partial charge in [0.15, 0.2) is 0 Å². The number of hydrogen-bond donors (Lipinski definition) is 1. The molecule has 4 heterocycles. The van der Waals surface area contributed by atoms with Gasteiger partial charge in [-0.25, -0.2) is 4.98 Å². The lowest BCUT2D eigenvalue weighted by Crippen LogP contribution is -2.49. The van der Waals surface area contributed by atoms with Gasteiger partial charge in [0, 0.05) is 44.2 Å². The summed E-state index contributed by atoms with van der Waals surface area (Å²) in [6.45, 7) is 5.14. The molecular formula is C20H27N3O3. The maximum Gasteiger partial charge on any atom is 0.226 e. The molecule has 0 bridgehead atoms. The molecule has 4 rings (SSSR count). The van der Waals surface area contributed by atoms with Gasteiger partial charge in [-0.05, 0) is 43.7 Å². The molecule has 0 aliphatic carbocycles. The number of ether oxygens (including phenoxy) is 2. The van der Waals surface area contributed by atoms with E-state index in [0.29, 0.717) is 18.3 Å². The van der Waals surface area contributed by atoms with Gasteiger partial charge < -0.3 is 19.2 Å². The summed E-state index contributed by atoms with van der Waals surface area (Å²) >= 11 is 0. The number of fused-ring (bicyclic) bond motifs is 1. The van der Waals surface area contributed by atoms with Crippen molar-refractivity contribution in [2.75, 3.05) is 26.4 Å². The highest BCUT2D eigenvalue weighted by Crippen LogP contribution is 2.30. The number of carbonyl (C=O) groups excluding carboxylic acids is 1. The summed E-state index contributed by atoms with van der Waals surface area (Å²) in [4.78, 5) is 17.2. The average molecular weight is 357 g/mol. The standard InChI is InChI=1S/C20H27N3O3/c1-14-3-2-7-23-16(12-21-20(14)23)11-19(24)22-18-6-10-26-13-17(18)15-4-8-25-9-5-15/h2-3,7,12,15,17-18H,4-6,8-11,13H2,1H3,(H,22,24)/t17-,18-/m0/s1. The zero-order valence-electron chi connectivity index (χ0n) is 15.3. The maximum atomic E-state index is 12.7. The van der Waals surface area contributed by atoms with E-state index in [1.807, 2.05) is 35.9 Å². The van der Waals surface area contributed by atoms with E-state index in [9.17, 15) is 4.79 Å². The van der Waals surface area contributed by atoms with Gasteiger partial charge in [-0.3, -0.25) is 4.79 Å². The molecule has 2 aromatic rings. The van der Waals surface area contributed by atoms with Gasteiger partial charge in [-0.2, -0.15) is 0 Å². The molecule has 0 aromatic carbocycles. The van der Waals surface area contributed by atoms with Gasteiger partial charge in [-0.15, -0.1) is 0 Å². The van der Waals surface area contributed by atoms with Gasteiger partial charge in [0.1, 0.15) is 5.65 Å². The third-order valence-electron chi connectivity index (χ3n) is 5.77. The first-order chi connectivity index (χ1) is 12.7. The first-order valence-electron chi connectivity index (χ1n) is 9.59. The number of amides is 1. The summed E-state index contributed by atoms with van der Waals surface area (Å²) in [5.41, 5.74) is 2.96. The fraction of sp³-hybridized carbons (Fsp3) is 0.600. The van der Waals surface area contributed by atoms with Gasteiger partial charge in [0.2, 0.25) is 5.91 Å². The highest BCUT2D eigenvalue weighted by molar-refractivity contribution is 5.78. The van der Waals surface area contributed by atoms with Gasteiger partial charge in [0.05, 0.1) is 18.7 Å². The number of nitrogens with one attached hydrogen (secondary N) is 1. The normalized spacial score (nSPS) is 24.7. The first-order valence-corrected chi connectivity index (χ1v) is 9.59. The fourth-order valence-electron chi connectivity index (χ4n) is 4.30. The highest BCUT2D eigenvalue weighted by atomic mass is 16.5. The number of pyridine rings is 1. The molecule has 26 heavy (non-hydrogen) atoms. The summed E-state index contributed by atoms with van der Waals surface area (Å²) in [6, 6.07) is 4.22. The van der Waals surface area contributed by atoms with E-state index < -0.39 is 0 Å². The van der Waals surface area contributed by atoms with Crippen molar-refractivity contribution in [1.82, 2.24) is 14.7 Å². The molecule has 0 spiro atoms. The van der Waals surface area contributed by atoms with Gasteiger partial charge >= 0.3 is 0 Å². The molecular weight excluding hydrogens is 330 g/mol. The number of hydrogen-bond acceptors (Lipinski definition) is 4. The van der Waals surface area contributed by atoms with Crippen molar-refractivity contribution in [2.24, 2.45) is 11.8 Å². The summed E-state index contributed by atoms with van der Waals surface area (Å²) in [5.74, 6) is 1.03. The van der Waals surface area contributed by atoms with E-state index in [-0.39, 0.29) is 11.9 Å². The topological polar surface area (TPSA) is 64.9 Å². The lowest BCUT2D eigenvalue weighted by atomic mass is 9.79. The molecule has 1 amide bonds. The number of carbonyl (C=O) groups is 1. The monoisotopic (exact) mass is 357 g/mol. The first kappa shape index (κ1) is 17.5. The summed E-state index contributed by atoms with van der Waals surface area (Å²) in [5, 5.41) is 3.28. The van der Waals surface area contributed by atoms with Crippen molar-refractivity contribution >= 4 is 11.6 Å². The predicted molar refractivity (Wildman–Crippen MR) is 98.0 cm³/mol. The van der Waals surface area contributed by atoms with Crippen LogP contribution in [0.4, 0.5) is 0 Å². The van der Waals surface area contributed by atoms with Crippen molar-refractivity contribution < 1.29 is 14.3 Å². The third kappa shape index (κ3) is 3.62. The number of rotatable bonds is 4. The Kier molecular flexibility index (Phi) is 5.22. The molecule has 2 saturated heterocycles. The van der Waals surface area contributed by atoms with Crippen LogP contribution in [-0.4, -0.2) is 47.8 Å². The molecule has 6 heteroatoms. The molecule has 2 aliphatic rings. The Hall–Kier alpha value is -1.92. The van der Waals surface area contributed by atoms with E-state index in [0.717, 1.165) is 62.6 Å². The van der Waals surface area contributed by atoms with Crippen molar-refractivity contribution in [1.29, 1.82) is 0 Å². The minimum Gasteiger partial charge on any atom is -0.381 e. The minimum atomic E-state index is 0.0669. The molecule has 0 unspecified atom stereocenters. The Morgan fingerprint density at radius 3 is 2.92 bits per heavy atom. The molecule has 2 aromatic heterocycles. The van der Waals surface area contributed by atoms with Crippen molar-refractivity contribution in [3.63, 3.8) is 0 Å². The van der Waals surface area contributed by atoms with E-state index in [1.54, 1.807) is 0 Å². The Balaban J connectivity index is 1.43. The summed E-state index contributed by atoms with van der Waals surface area (Å²) in [6.07, 6.45) is 7.14. The number of nitrogens with zero attached hydrogens (tertiary/aromatic N) is 2. The van der Waals surface area contributed by atoms with Crippen LogP contribution in [0, 0.1) is 18.8 Å². The van der Waals surface area contributed by atoms with Crippen LogP contribution in [0.3, 0.4) is 0 Å². The third-order valence-corrected chi connectivity index (χ3v) is 5.77. The Bertz CT molecular complexity index is 767. The molecule has 0 saturated carbocycles. The van der Waals surface area contributed by atoms with Crippen LogP contribution in [0.1, 0.15) is 30.5 Å². The number of imidazole rings is 1. The zero-order valence-corrected chi connectivity index (χ0v) is 15.3. The van der Waals surface area contributed by atoms with E-state index in [2.05, 4.69) is 10.3 Å². The maximum absolute atomic E-state index is 12.7. The number of aromatic nitrogens is 2. The molecule has 2 atom stereocenters. The second kappa shape index (κ2) is 7.76. The lowest BCUT2D eigenvalue weighted by molar-refractivity contribution is -0.123. The number of aryl methyl sites for hydroxylation is 1. The van der Waals surface area contributed by atoms with Crippen LogP contribution in [0.2, 0.25) is 0 Å².